The number of allylic oxidation sites excluding steroid dienone is 1. The van der Waals surface area contributed by atoms with Crippen molar-refractivity contribution < 1.29 is 19.1 Å². The van der Waals surface area contributed by atoms with Crippen LogP contribution in [0.1, 0.15) is 11.5 Å². The molecular weight excluding hydrogens is 518 g/mol. The lowest BCUT2D eigenvalue weighted by atomic mass is 9.78. The number of nitrogens with one attached hydrogen (secondary N) is 2. The molecule has 0 spiro atoms. The first kappa shape index (κ1) is 23.9. The summed E-state index contributed by atoms with van der Waals surface area (Å²) < 4.78 is 5.55. The number of hydrogen-bond acceptors (Lipinski definition) is 6. The van der Waals surface area contributed by atoms with Crippen molar-refractivity contribution in [3.8, 4) is 6.07 Å². The molecule has 164 valence electrons. The molecule has 1 aliphatic rings. The molecule has 0 aliphatic carbocycles. The summed E-state index contributed by atoms with van der Waals surface area (Å²) in [6, 6.07) is 15.9. The first-order chi connectivity index (χ1) is 15.3. The number of halogens is 2. The van der Waals surface area contributed by atoms with Gasteiger partial charge in [-0.05, 0) is 29.8 Å². The molecule has 2 aromatic rings. The molecule has 3 rings (SSSR count). The number of nitrogens with zero attached hydrogens (tertiary/aromatic N) is 1. The van der Waals surface area contributed by atoms with E-state index in [-0.39, 0.29) is 22.3 Å². The molecule has 32 heavy (non-hydrogen) atoms. The SMILES string of the molecule is COC(=O)[C@H]1C(=O)NC(SCC(=O)Nc2ccccc2Cl)=C(C#N)[C@@H]1c1cccc(Br)c1. The van der Waals surface area contributed by atoms with E-state index in [4.69, 9.17) is 16.3 Å². The summed E-state index contributed by atoms with van der Waals surface area (Å²) in [6.45, 7) is 0. The van der Waals surface area contributed by atoms with Crippen molar-refractivity contribution >= 4 is 62.8 Å². The number of carbonyl (C=O) groups is 3. The summed E-state index contributed by atoms with van der Waals surface area (Å²) in [4.78, 5) is 37.6. The van der Waals surface area contributed by atoms with Gasteiger partial charge >= 0.3 is 5.97 Å². The summed E-state index contributed by atoms with van der Waals surface area (Å²) in [5.74, 6) is -3.88. The van der Waals surface area contributed by atoms with Crippen LogP contribution in [0.25, 0.3) is 0 Å². The Morgan fingerprint density at radius 1 is 1.28 bits per heavy atom. The van der Waals surface area contributed by atoms with Crippen LogP contribution in [0, 0.1) is 17.2 Å². The van der Waals surface area contributed by atoms with E-state index in [0.717, 1.165) is 16.2 Å². The second kappa shape index (κ2) is 10.7. The Bertz CT molecular complexity index is 1150. The summed E-state index contributed by atoms with van der Waals surface area (Å²) >= 11 is 10.4. The quantitative estimate of drug-likeness (QED) is 0.425. The van der Waals surface area contributed by atoms with Gasteiger partial charge < -0.3 is 15.4 Å². The van der Waals surface area contributed by atoms with E-state index in [1.54, 1.807) is 48.5 Å². The van der Waals surface area contributed by atoms with Gasteiger partial charge in [0, 0.05) is 10.4 Å². The Hall–Kier alpha value is -2.80. The number of esters is 1. The molecule has 0 aromatic heterocycles. The maximum atomic E-state index is 12.8. The van der Waals surface area contributed by atoms with Gasteiger partial charge in [-0.15, -0.1) is 0 Å². The van der Waals surface area contributed by atoms with Crippen LogP contribution in [0.2, 0.25) is 5.02 Å². The predicted molar refractivity (Wildman–Crippen MR) is 126 cm³/mol. The molecule has 0 saturated heterocycles. The number of carbonyl (C=O) groups excluding carboxylic acids is 3. The van der Waals surface area contributed by atoms with Crippen LogP contribution in [0.5, 0.6) is 0 Å². The van der Waals surface area contributed by atoms with E-state index in [1.165, 1.54) is 7.11 Å². The number of amides is 2. The van der Waals surface area contributed by atoms with Gasteiger partial charge in [0.05, 0.1) is 40.2 Å². The first-order valence-electron chi connectivity index (χ1n) is 9.31. The van der Waals surface area contributed by atoms with Crippen LogP contribution in [-0.4, -0.2) is 30.6 Å². The zero-order valence-electron chi connectivity index (χ0n) is 16.7. The normalized spacial score (nSPS) is 17.9. The number of anilines is 1. The van der Waals surface area contributed by atoms with Crippen LogP contribution in [-0.2, 0) is 19.1 Å². The molecule has 7 nitrogen and oxygen atoms in total. The van der Waals surface area contributed by atoms with E-state index >= 15 is 0 Å². The van der Waals surface area contributed by atoms with Crippen LogP contribution in [0.4, 0.5) is 5.69 Å². The van der Waals surface area contributed by atoms with Gasteiger partial charge in [0.2, 0.25) is 11.8 Å². The third-order valence-corrected chi connectivity index (χ3v) is 6.53. The van der Waals surface area contributed by atoms with Crippen LogP contribution in [0.15, 0.2) is 63.6 Å². The van der Waals surface area contributed by atoms with E-state index in [1.807, 2.05) is 0 Å². The van der Waals surface area contributed by atoms with Gasteiger partial charge in [-0.25, -0.2) is 0 Å². The fourth-order valence-corrected chi connectivity index (χ4v) is 4.71. The van der Waals surface area contributed by atoms with Gasteiger partial charge in [-0.1, -0.05) is 63.6 Å². The topological polar surface area (TPSA) is 108 Å². The maximum absolute atomic E-state index is 12.8. The number of methoxy groups -OCH3 is 1. The summed E-state index contributed by atoms with van der Waals surface area (Å²) in [5, 5.41) is 15.8. The number of nitriles is 1. The average Bonchev–Trinajstić information content (AvgIpc) is 2.78. The lowest BCUT2D eigenvalue weighted by Crippen LogP contribution is -2.44. The van der Waals surface area contributed by atoms with Crippen LogP contribution >= 0.6 is 39.3 Å². The van der Waals surface area contributed by atoms with Crippen molar-refractivity contribution in [1.29, 1.82) is 5.26 Å². The molecule has 2 amide bonds. The standard InChI is InChI=1S/C22H17BrClN3O4S/c1-31-22(30)19-18(12-5-4-6-13(23)9-12)14(10-25)21(27-20(19)29)32-11-17(28)26-16-8-3-2-7-15(16)24/h2-9,18-19H,11H2,1H3,(H,26,28)(H,27,29)/t18-,19+/m0/s1. The van der Waals surface area contributed by atoms with E-state index < -0.39 is 23.7 Å². The minimum Gasteiger partial charge on any atom is -0.468 e. The maximum Gasteiger partial charge on any atom is 0.319 e. The van der Waals surface area contributed by atoms with Gasteiger partial charge in [-0.3, -0.25) is 14.4 Å². The monoisotopic (exact) mass is 533 g/mol. The zero-order chi connectivity index (χ0) is 23.3. The van der Waals surface area contributed by atoms with Crippen LogP contribution < -0.4 is 10.6 Å². The Kier molecular flexibility index (Phi) is 7.96. The second-order valence-corrected chi connectivity index (χ2v) is 9.00. The molecule has 0 unspecified atom stereocenters. The van der Waals surface area contributed by atoms with E-state index in [9.17, 15) is 19.6 Å². The number of ether oxygens (including phenoxy) is 1. The van der Waals surface area contributed by atoms with Gasteiger partial charge in [0.25, 0.3) is 0 Å². The second-order valence-electron chi connectivity index (χ2n) is 6.69. The Balaban J connectivity index is 1.90. The van der Waals surface area contributed by atoms with Crippen molar-refractivity contribution in [3.05, 3.63) is 74.2 Å². The molecular formula is C22H17BrClN3O4S. The Morgan fingerprint density at radius 2 is 2.03 bits per heavy atom. The fourth-order valence-electron chi connectivity index (χ4n) is 3.27. The zero-order valence-corrected chi connectivity index (χ0v) is 19.9. The molecule has 0 saturated carbocycles. The number of para-hydroxylation sites is 1. The molecule has 2 atom stereocenters. The number of benzene rings is 2. The summed E-state index contributed by atoms with van der Waals surface area (Å²) in [7, 11) is 1.19. The highest BCUT2D eigenvalue weighted by Gasteiger charge is 2.44. The van der Waals surface area contributed by atoms with Gasteiger partial charge in [0.15, 0.2) is 0 Å². The Labute approximate surface area is 202 Å². The smallest absolute Gasteiger partial charge is 0.319 e. The molecule has 0 bridgehead atoms. The number of thioether (sulfide) groups is 1. The fraction of sp³-hybridized carbons (Fsp3) is 0.182. The summed E-state index contributed by atoms with van der Waals surface area (Å²) in [5.41, 5.74) is 1.23. The largest absolute Gasteiger partial charge is 0.468 e. The molecule has 0 fully saturated rings. The van der Waals surface area contributed by atoms with Crippen molar-refractivity contribution in [2.45, 2.75) is 5.92 Å². The molecule has 2 N–H and O–H groups in total. The van der Waals surface area contributed by atoms with E-state index in [2.05, 4.69) is 32.6 Å². The molecule has 10 heteroatoms. The van der Waals surface area contributed by atoms with Gasteiger partial charge in [0.1, 0.15) is 5.92 Å². The molecule has 2 aromatic carbocycles. The number of hydrogen-bond donors (Lipinski definition) is 2. The van der Waals surface area contributed by atoms with Crippen LogP contribution in [0.3, 0.4) is 0 Å². The highest BCUT2D eigenvalue weighted by Crippen LogP contribution is 2.40. The molecule has 1 heterocycles. The minimum absolute atomic E-state index is 0.0832. The van der Waals surface area contributed by atoms with Crippen molar-refractivity contribution in [1.82, 2.24) is 5.32 Å². The van der Waals surface area contributed by atoms with E-state index in [0.29, 0.717) is 16.3 Å². The highest BCUT2D eigenvalue weighted by atomic mass is 79.9. The molecule has 0 radical (unpaired) electrons. The van der Waals surface area contributed by atoms with Crippen molar-refractivity contribution in [2.24, 2.45) is 5.92 Å². The predicted octanol–water partition coefficient (Wildman–Crippen LogP) is 4.21. The summed E-state index contributed by atoms with van der Waals surface area (Å²) in [6.07, 6.45) is 0. The third-order valence-electron chi connectivity index (χ3n) is 4.69. The first-order valence-corrected chi connectivity index (χ1v) is 11.5. The number of rotatable bonds is 6. The van der Waals surface area contributed by atoms with Crippen molar-refractivity contribution in [3.63, 3.8) is 0 Å². The lowest BCUT2D eigenvalue weighted by Gasteiger charge is -2.31. The Morgan fingerprint density at radius 3 is 2.69 bits per heavy atom. The third kappa shape index (κ3) is 5.33. The molecule has 1 aliphatic heterocycles. The lowest BCUT2D eigenvalue weighted by molar-refractivity contribution is -0.150. The highest BCUT2D eigenvalue weighted by molar-refractivity contribution is 9.10. The van der Waals surface area contributed by atoms with Crippen molar-refractivity contribution in [2.75, 3.05) is 18.2 Å². The van der Waals surface area contributed by atoms with Gasteiger partial charge in [-0.2, -0.15) is 5.26 Å². The average molecular weight is 535 g/mol. The minimum atomic E-state index is -1.23.